The second-order valence-electron chi connectivity index (χ2n) is 6.40. The molecular weight excluding hydrogens is 383 g/mol. The number of hydrogen-bond donors (Lipinski definition) is 2. The number of sulfonamides is 1. The van der Waals surface area contributed by atoms with Crippen molar-refractivity contribution in [2.24, 2.45) is 0 Å². The normalized spacial score (nSPS) is 11.2. The third kappa shape index (κ3) is 6.31. The number of benzene rings is 2. The van der Waals surface area contributed by atoms with Gasteiger partial charge in [0.15, 0.2) is 0 Å². The Morgan fingerprint density at radius 2 is 1.79 bits per heavy atom. The molecule has 8 heteroatoms. The van der Waals surface area contributed by atoms with Gasteiger partial charge in [-0.1, -0.05) is 26.2 Å². The number of ether oxygens (including phenoxy) is 1. The van der Waals surface area contributed by atoms with Crippen LogP contribution in [0.4, 0.5) is 4.39 Å². The van der Waals surface area contributed by atoms with Crippen LogP contribution in [0.2, 0.25) is 0 Å². The van der Waals surface area contributed by atoms with Gasteiger partial charge in [-0.15, -0.1) is 4.83 Å². The molecule has 0 unspecified atom stereocenters. The van der Waals surface area contributed by atoms with Gasteiger partial charge in [0, 0.05) is 5.56 Å². The van der Waals surface area contributed by atoms with Gasteiger partial charge in [-0.05, 0) is 61.4 Å². The number of nitrogens with one attached hydrogen (secondary N) is 2. The van der Waals surface area contributed by atoms with Crippen molar-refractivity contribution in [3.05, 3.63) is 59.4 Å². The lowest BCUT2D eigenvalue weighted by molar-refractivity contribution is 0.0945. The van der Waals surface area contributed by atoms with Crippen LogP contribution in [0.1, 0.15) is 48.5 Å². The molecule has 0 radical (unpaired) electrons. The van der Waals surface area contributed by atoms with Gasteiger partial charge in [-0.25, -0.2) is 12.8 Å². The van der Waals surface area contributed by atoms with Gasteiger partial charge in [0.1, 0.15) is 11.6 Å². The minimum absolute atomic E-state index is 0.110. The van der Waals surface area contributed by atoms with Gasteiger partial charge < -0.3 is 4.74 Å². The van der Waals surface area contributed by atoms with Crippen molar-refractivity contribution in [3.63, 3.8) is 0 Å². The van der Waals surface area contributed by atoms with E-state index < -0.39 is 21.7 Å². The van der Waals surface area contributed by atoms with Gasteiger partial charge in [-0.3, -0.25) is 10.2 Å². The first kappa shape index (κ1) is 21.8. The lowest BCUT2D eigenvalue weighted by Gasteiger charge is -2.11. The summed E-state index contributed by atoms with van der Waals surface area (Å²) in [6.07, 6.45) is 4.43. The fourth-order valence-corrected chi connectivity index (χ4v) is 3.64. The maximum Gasteiger partial charge on any atom is 0.266 e. The van der Waals surface area contributed by atoms with E-state index in [1.165, 1.54) is 13.3 Å². The van der Waals surface area contributed by atoms with E-state index in [1.807, 2.05) is 4.83 Å². The molecular formula is C20H25FN2O4S. The fraction of sp³-hybridized carbons (Fsp3) is 0.350. The quantitative estimate of drug-likeness (QED) is 0.464. The molecule has 2 aromatic carbocycles. The van der Waals surface area contributed by atoms with Crippen LogP contribution in [0.25, 0.3) is 0 Å². The molecule has 0 spiro atoms. The Bertz CT molecular complexity index is 899. The second kappa shape index (κ2) is 10.2. The van der Waals surface area contributed by atoms with Crippen molar-refractivity contribution in [1.82, 2.24) is 10.3 Å². The summed E-state index contributed by atoms with van der Waals surface area (Å²) in [4.78, 5) is 14.1. The molecule has 0 heterocycles. The SMILES string of the molecule is CCCCCCOc1ccc(C(=O)NNS(=O)(=O)c2ccc(F)cc2C)cc1. The summed E-state index contributed by atoms with van der Waals surface area (Å²) in [5, 5.41) is 0. The number of carbonyl (C=O) groups is 1. The number of rotatable bonds is 10. The van der Waals surface area contributed by atoms with Crippen LogP contribution in [0.3, 0.4) is 0 Å². The van der Waals surface area contributed by atoms with Crippen LogP contribution in [0.5, 0.6) is 5.75 Å². The zero-order valence-corrected chi connectivity index (χ0v) is 16.8. The van der Waals surface area contributed by atoms with Gasteiger partial charge in [0.05, 0.1) is 11.5 Å². The Labute approximate surface area is 165 Å². The number of carbonyl (C=O) groups excluding carboxylic acids is 1. The fourth-order valence-electron chi connectivity index (χ4n) is 2.58. The maximum atomic E-state index is 13.1. The average Bonchev–Trinajstić information content (AvgIpc) is 2.66. The van der Waals surface area contributed by atoms with Crippen LogP contribution < -0.4 is 15.0 Å². The molecule has 2 N–H and O–H groups in total. The molecule has 152 valence electrons. The minimum Gasteiger partial charge on any atom is -0.494 e. The maximum absolute atomic E-state index is 13.1. The van der Waals surface area contributed by atoms with E-state index >= 15 is 0 Å². The third-order valence-corrected chi connectivity index (χ3v) is 5.52. The summed E-state index contributed by atoms with van der Waals surface area (Å²) in [6, 6.07) is 9.72. The van der Waals surface area contributed by atoms with E-state index in [2.05, 4.69) is 12.3 Å². The molecule has 0 fully saturated rings. The Balaban J connectivity index is 1.90. The van der Waals surface area contributed by atoms with Crippen LogP contribution in [0.15, 0.2) is 47.4 Å². The Kier molecular flexibility index (Phi) is 7.95. The molecule has 0 aliphatic rings. The molecule has 0 saturated heterocycles. The summed E-state index contributed by atoms with van der Waals surface area (Å²) >= 11 is 0. The van der Waals surface area contributed by atoms with E-state index in [4.69, 9.17) is 4.74 Å². The standard InChI is InChI=1S/C20H25FN2O4S/c1-3-4-5-6-13-27-18-10-7-16(8-11-18)20(24)22-23-28(25,26)19-12-9-17(21)14-15(19)2/h7-12,14,23H,3-6,13H2,1-2H3,(H,22,24). The van der Waals surface area contributed by atoms with Gasteiger partial charge in [-0.2, -0.15) is 0 Å². The van der Waals surface area contributed by atoms with Crippen molar-refractivity contribution in [2.75, 3.05) is 6.61 Å². The predicted molar refractivity (Wildman–Crippen MR) is 105 cm³/mol. The van der Waals surface area contributed by atoms with E-state index in [1.54, 1.807) is 24.3 Å². The highest BCUT2D eigenvalue weighted by atomic mass is 32.2. The molecule has 0 atom stereocenters. The Morgan fingerprint density at radius 1 is 1.07 bits per heavy atom. The summed E-state index contributed by atoms with van der Waals surface area (Å²) in [5.74, 6) is -0.499. The van der Waals surface area contributed by atoms with E-state index in [0.29, 0.717) is 12.4 Å². The van der Waals surface area contributed by atoms with Crippen molar-refractivity contribution in [1.29, 1.82) is 0 Å². The van der Waals surface area contributed by atoms with E-state index in [-0.39, 0.29) is 16.0 Å². The third-order valence-electron chi connectivity index (χ3n) is 4.11. The molecule has 0 saturated carbocycles. The van der Waals surface area contributed by atoms with Crippen LogP contribution in [-0.4, -0.2) is 20.9 Å². The molecule has 6 nitrogen and oxygen atoms in total. The summed E-state index contributed by atoms with van der Waals surface area (Å²) in [6.45, 7) is 4.23. The Hall–Kier alpha value is -2.45. The summed E-state index contributed by atoms with van der Waals surface area (Å²) < 4.78 is 43.3. The first-order chi connectivity index (χ1) is 13.3. The number of amides is 1. The lowest BCUT2D eigenvalue weighted by Crippen LogP contribution is -2.41. The summed E-state index contributed by atoms with van der Waals surface area (Å²) in [5.41, 5.74) is 2.67. The molecule has 1 amide bonds. The van der Waals surface area contributed by atoms with Crippen LogP contribution in [0, 0.1) is 12.7 Å². The first-order valence-corrected chi connectivity index (χ1v) is 10.6. The van der Waals surface area contributed by atoms with E-state index in [9.17, 15) is 17.6 Å². The van der Waals surface area contributed by atoms with Gasteiger partial charge in [0.2, 0.25) is 0 Å². The molecule has 0 aliphatic heterocycles. The zero-order valence-electron chi connectivity index (χ0n) is 16.0. The minimum atomic E-state index is -4.01. The monoisotopic (exact) mass is 408 g/mol. The summed E-state index contributed by atoms with van der Waals surface area (Å²) in [7, 11) is -4.01. The van der Waals surface area contributed by atoms with Gasteiger partial charge in [0.25, 0.3) is 15.9 Å². The number of hydrazine groups is 1. The predicted octanol–water partition coefficient (Wildman–Crippen LogP) is 3.72. The molecule has 28 heavy (non-hydrogen) atoms. The molecule has 0 aromatic heterocycles. The van der Waals surface area contributed by atoms with Crippen LogP contribution in [-0.2, 0) is 10.0 Å². The largest absolute Gasteiger partial charge is 0.494 e. The number of aryl methyl sites for hydroxylation is 1. The topological polar surface area (TPSA) is 84.5 Å². The first-order valence-electron chi connectivity index (χ1n) is 9.14. The molecule has 2 aromatic rings. The lowest BCUT2D eigenvalue weighted by atomic mass is 10.2. The average molecular weight is 408 g/mol. The molecule has 2 rings (SSSR count). The van der Waals surface area contributed by atoms with Gasteiger partial charge >= 0.3 is 0 Å². The van der Waals surface area contributed by atoms with Crippen LogP contribution >= 0.6 is 0 Å². The highest BCUT2D eigenvalue weighted by molar-refractivity contribution is 7.89. The van der Waals surface area contributed by atoms with E-state index in [0.717, 1.165) is 37.5 Å². The highest BCUT2D eigenvalue weighted by Gasteiger charge is 2.18. The van der Waals surface area contributed by atoms with Crippen molar-refractivity contribution >= 4 is 15.9 Å². The zero-order chi connectivity index (χ0) is 20.6. The highest BCUT2D eigenvalue weighted by Crippen LogP contribution is 2.16. The number of hydrogen-bond acceptors (Lipinski definition) is 4. The van der Waals surface area contributed by atoms with Crippen molar-refractivity contribution < 1.29 is 22.3 Å². The number of halogens is 1. The smallest absolute Gasteiger partial charge is 0.266 e. The molecule has 0 bridgehead atoms. The number of unbranched alkanes of at least 4 members (excludes halogenated alkanes) is 3. The molecule has 0 aliphatic carbocycles. The van der Waals surface area contributed by atoms with Crippen molar-refractivity contribution in [2.45, 2.75) is 44.4 Å². The Morgan fingerprint density at radius 3 is 2.43 bits per heavy atom. The van der Waals surface area contributed by atoms with Crippen molar-refractivity contribution in [3.8, 4) is 5.75 Å². The second-order valence-corrected chi connectivity index (χ2v) is 8.05.